The third kappa shape index (κ3) is 6.98. The predicted octanol–water partition coefficient (Wildman–Crippen LogP) is 3.26. The molecule has 2 N–H and O–H groups in total. The minimum atomic E-state index is -0.287. The molecule has 1 atom stereocenters. The molecule has 1 saturated carbocycles. The lowest BCUT2D eigenvalue weighted by Gasteiger charge is -2.26. The van der Waals surface area contributed by atoms with E-state index in [0.717, 1.165) is 44.1 Å². The van der Waals surface area contributed by atoms with Gasteiger partial charge in [-0.1, -0.05) is 38.8 Å². The zero-order chi connectivity index (χ0) is 20.5. The molecule has 1 aromatic rings. The monoisotopic (exact) mass is 387 g/mol. The Morgan fingerprint density at radius 3 is 2.54 bits per heavy atom. The molecule has 1 aliphatic rings. The van der Waals surface area contributed by atoms with Gasteiger partial charge in [-0.05, 0) is 50.3 Å². The maximum Gasteiger partial charge on any atom is 0.243 e. The Labute approximate surface area is 168 Å². The Hall–Kier alpha value is -2.37. The molecule has 1 aromatic carbocycles. The summed E-state index contributed by atoms with van der Waals surface area (Å²) >= 11 is 0. The summed E-state index contributed by atoms with van der Waals surface area (Å²) in [7, 11) is 0. The highest BCUT2D eigenvalue weighted by atomic mass is 16.2. The molecule has 0 aliphatic heterocycles. The number of rotatable bonds is 11. The molecule has 1 fully saturated rings. The highest BCUT2D eigenvalue weighted by Gasteiger charge is 2.36. The Bertz CT molecular complexity index is 685. The average molecular weight is 388 g/mol. The van der Waals surface area contributed by atoms with Crippen molar-refractivity contribution >= 4 is 23.4 Å². The summed E-state index contributed by atoms with van der Waals surface area (Å²) < 4.78 is 0. The van der Waals surface area contributed by atoms with Gasteiger partial charge in [0.05, 0.1) is 13.1 Å². The van der Waals surface area contributed by atoms with Crippen molar-refractivity contribution in [3.05, 3.63) is 29.8 Å². The van der Waals surface area contributed by atoms with Gasteiger partial charge in [0.1, 0.15) is 0 Å². The third-order valence-corrected chi connectivity index (χ3v) is 5.08. The number of amides is 3. The van der Waals surface area contributed by atoms with Crippen LogP contribution in [0.25, 0.3) is 0 Å². The van der Waals surface area contributed by atoms with Crippen LogP contribution in [0.3, 0.4) is 0 Å². The summed E-state index contributed by atoms with van der Waals surface area (Å²) in [6.45, 7) is 6.02. The van der Waals surface area contributed by atoms with Gasteiger partial charge in [0.15, 0.2) is 0 Å². The number of nitrogens with one attached hydrogen (secondary N) is 2. The van der Waals surface area contributed by atoms with Crippen molar-refractivity contribution < 1.29 is 14.4 Å². The lowest BCUT2D eigenvalue weighted by atomic mass is 9.97. The van der Waals surface area contributed by atoms with E-state index in [-0.39, 0.29) is 42.8 Å². The van der Waals surface area contributed by atoms with E-state index in [0.29, 0.717) is 5.69 Å². The molecule has 1 unspecified atom stereocenters. The molecule has 0 spiro atoms. The lowest BCUT2D eigenvalue weighted by molar-refractivity contribution is -0.140. The molecule has 0 saturated heterocycles. The number of hydrogen-bond acceptors (Lipinski definition) is 3. The van der Waals surface area contributed by atoms with Gasteiger partial charge in [-0.3, -0.25) is 14.4 Å². The van der Waals surface area contributed by atoms with Crippen LogP contribution in [-0.4, -0.2) is 41.8 Å². The first-order chi connectivity index (χ1) is 13.4. The van der Waals surface area contributed by atoms with Gasteiger partial charge >= 0.3 is 0 Å². The van der Waals surface area contributed by atoms with E-state index in [9.17, 15) is 14.4 Å². The maximum atomic E-state index is 12.9. The SMILES string of the molecule is CCCCC(CC)C(=O)N(CC(=O)NCC(=O)Nc1cccc(C)c1)C1CC1. The number of carbonyl (C=O) groups excluding carboxylic acids is 3. The first-order valence-electron chi connectivity index (χ1n) is 10.4. The molecule has 28 heavy (non-hydrogen) atoms. The van der Waals surface area contributed by atoms with Crippen LogP contribution in [0.1, 0.15) is 57.9 Å². The average Bonchev–Trinajstić information content (AvgIpc) is 3.50. The Kier molecular flexibility index (Phi) is 8.48. The van der Waals surface area contributed by atoms with Crippen LogP contribution in [0.4, 0.5) is 5.69 Å². The molecule has 3 amide bonds. The topological polar surface area (TPSA) is 78.5 Å². The van der Waals surface area contributed by atoms with Gasteiger partial charge < -0.3 is 15.5 Å². The summed E-state index contributed by atoms with van der Waals surface area (Å²) in [5.74, 6) is -0.501. The second-order valence-electron chi connectivity index (χ2n) is 7.64. The van der Waals surface area contributed by atoms with Gasteiger partial charge in [0, 0.05) is 17.6 Å². The molecule has 0 heterocycles. The van der Waals surface area contributed by atoms with Crippen molar-refractivity contribution in [2.75, 3.05) is 18.4 Å². The molecule has 6 heteroatoms. The van der Waals surface area contributed by atoms with Crippen LogP contribution in [0.15, 0.2) is 24.3 Å². The van der Waals surface area contributed by atoms with E-state index in [4.69, 9.17) is 0 Å². The summed E-state index contributed by atoms with van der Waals surface area (Å²) in [4.78, 5) is 39.0. The molecule has 0 radical (unpaired) electrons. The second kappa shape index (κ2) is 10.8. The fraction of sp³-hybridized carbons (Fsp3) is 0.591. The van der Waals surface area contributed by atoms with E-state index in [1.54, 1.807) is 11.0 Å². The lowest BCUT2D eigenvalue weighted by Crippen LogP contribution is -2.45. The van der Waals surface area contributed by atoms with Crippen LogP contribution in [0.5, 0.6) is 0 Å². The number of nitrogens with zero attached hydrogens (tertiary/aromatic N) is 1. The molecule has 0 aromatic heterocycles. The number of anilines is 1. The highest BCUT2D eigenvalue weighted by molar-refractivity contribution is 5.95. The molecule has 2 rings (SSSR count). The number of aryl methyl sites for hydroxylation is 1. The number of hydrogen-bond donors (Lipinski definition) is 2. The summed E-state index contributed by atoms with van der Waals surface area (Å²) in [5, 5.41) is 5.41. The zero-order valence-electron chi connectivity index (χ0n) is 17.3. The summed E-state index contributed by atoms with van der Waals surface area (Å²) in [5.41, 5.74) is 1.75. The van der Waals surface area contributed by atoms with Crippen molar-refractivity contribution in [1.29, 1.82) is 0 Å². The number of unbranched alkanes of at least 4 members (excludes halogenated alkanes) is 1. The molecular weight excluding hydrogens is 354 g/mol. The zero-order valence-corrected chi connectivity index (χ0v) is 17.3. The molecule has 0 bridgehead atoms. The van der Waals surface area contributed by atoms with Crippen LogP contribution < -0.4 is 10.6 Å². The largest absolute Gasteiger partial charge is 0.345 e. The highest BCUT2D eigenvalue weighted by Crippen LogP contribution is 2.29. The second-order valence-corrected chi connectivity index (χ2v) is 7.64. The molecule has 154 valence electrons. The quantitative estimate of drug-likeness (QED) is 0.612. The van der Waals surface area contributed by atoms with Gasteiger partial charge in [-0.2, -0.15) is 0 Å². The van der Waals surface area contributed by atoms with Crippen molar-refractivity contribution in [2.45, 2.75) is 65.3 Å². The van der Waals surface area contributed by atoms with Gasteiger partial charge in [-0.25, -0.2) is 0 Å². The Morgan fingerprint density at radius 1 is 1.18 bits per heavy atom. The maximum absolute atomic E-state index is 12.9. The van der Waals surface area contributed by atoms with E-state index in [1.165, 1.54) is 0 Å². The Morgan fingerprint density at radius 2 is 1.93 bits per heavy atom. The molecule has 1 aliphatic carbocycles. The minimum absolute atomic E-state index is 0.0158. The summed E-state index contributed by atoms with van der Waals surface area (Å²) in [6.07, 6.45) is 5.66. The first kappa shape index (κ1) is 21.9. The van der Waals surface area contributed by atoms with Gasteiger partial charge in [0.25, 0.3) is 0 Å². The van der Waals surface area contributed by atoms with Crippen molar-refractivity contribution in [3.8, 4) is 0 Å². The molecular formula is C22H33N3O3. The number of carbonyl (C=O) groups is 3. The minimum Gasteiger partial charge on any atom is -0.345 e. The van der Waals surface area contributed by atoms with Crippen LogP contribution >= 0.6 is 0 Å². The fourth-order valence-corrected chi connectivity index (χ4v) is 3.28. The normalized spacial score (nSPS) is 14.2. The van der Waals surface area contributed by atoms with Gasteiger partial charge in [0.2, 0.25) is 17.7 Å². The van der Waals surface area contributed by atoms with E-state index in [2.05, 4.69) is 17.6 Å². The van der Waals surface area contributed by atoms with Crippen LogP contribution in [0.2, 0.25) is 0 Å². The van der Waals surface area contributed by atoms with E-state index < -0.39 is 0 Å². The molecule has 6 nitrogen and oxygen atoms in total. The van der Waals surface area contributed by atoms with Crippen LogP contribution in [-0.2, 0) is 14.4 Å². The smallest absolute Gasteiger partial charge is 0.243 e. The van der Waals surface area contributed by atoms with E-state index >= 15 is 0 Å². The van der Waals surface area contributed by atoms with Crippen molar-refractivity contribution in [3.63, 3.8) is 0 Å². The predicted molar refractivity (Wildman–Crippen MR) is 111 cm³/mol. The van der Waals surface area contributed by atoms with Crippen molar-refractivity contribution in [1.82, 2.24) is 10.2 Å². The third-order valence-electron chi connectivity index (χ3n) is 5.08. The standard InChI is InChI=1S/C22H33N3O3/c1-4-6-9-17(5-2)22(28)25(19-11-12-19)15-21(27)23-14-20(26)24-18-10-7-8-16(3)13-18/h7-8,10,13,17,19H,4-6,9,11-12,14-15H2,1-3H3,(H,23,27)(H,24,26). The fourth-order valence-electron chi connectivity index (χ4n) is 3.28. The van der Waals surface area contributed by atoms with E-state index in [1.807, 2.05) is 32.0 Å². The van der Waals surface area contributed by atoms with Gasteiger partial charge in [-0.15, -0.1) is 0 Å². The summed E-state index contributed by atoms with van der Waals surface area (Å²) in [6, 6.07) is 7.67. The number of benzene rings is 1. The Balaban J connectivity index is 1.83. The van der Waals surface area contributed by atoms with Crippen LogP contribution in [0, 0.1) is 12.8 Å². The first-order valence-corrected chi connectivity index (χ1v) is 10.4. The van der Waals surface area contributed by atoms with Crippen molar-refractivity contribution in [2.24, 2.45) is 5.92 Å².